The maximum Gasteiger partial charge on any atom is 0.321 e. The summed E-state index contributed by atoms with van der Waals surface area (Å²) >= 11 is 5.81. The molecule has 6 nitrogen and oxygen atoms in total. The molecule has 3 rings (SSSR count). The van der Waals surface area contributed by atoms with Crippen molar-refractivity contribution < 1.29 is 14.3 Å². The number of benzene rings is 2. The lowest BCUT2D eigenvalue weighted by Gasteiger charge is -2.14. The van der Waals surface area contributed by atoms with Gasteiger partial charge in [0.2, 0.25) is 0 Å². The van der Waals surface area contributed by atoms with Gasteiger partial charge in [0.05, 0.1) is 6.54 Å². The monoisotopic (exact) mass is 359 g/mol. The highest BCUT2D eigenvalue weighted by atomic mass is 35.5. The molecule has 0 atom stereocenters. The first-order chi connectivity index (χ1) is 12.1. The van der Waals surface area contributed by atoms with Crippen LogP contribution in [0.2, 0.25) is 5.02 Å². The number of anilines is 1. The molecule has 0 unspecified atom stereocenters. The normalized spacial score (nSPS) is 13.5. The fourth-order valence-corrected chi connectivity index (χ4v) is 2.60. The first-order valence-corrected chi connectivity index (χ1v) is 8.33. The Kier molecular flexibility index (Phi) is 5.40. The van der Waals surface area contributed by atoms with E-state index in [2.05, 4.69) is 10.6 Å². The number of nitrogens with one attached hydrogen (secondary N) is 2. The van der Waals surface area contributed by atoms with Gasteiger partial charge in [-0.3, -0.25) is 9.69 Å². The highest BCUT2D eigenvalue weighted by molar-refractivity contribution is 6.30. The van der Waals surface area contributed by atoms with Crippen molar-refractivity contribution in [3.05, 3.63) is 59.1 Å². The van der Waals surface area contributed by atoms with Crippen LogP contribution in [0, 0.1) is 0 Å². The predicted molar refractivity (Wildman–Crippen MR) is 96.5 cm³/mol. The molecule has 25 heavy (non-hydrogen) atoms. The molecule has 0 aliphatic carbocycles. The van der Waals surface area contributed by atoms with Gasteiger partial charge < -0.3 is 15.4 Å². The second-order valence-corrected chi connectivity index (χ2v) is 5.93. The van der Waals surface area contributed by atoms with E-state index in [9.17, 15) is 9.59 Å². The van der Waals surface area contributed by atoms with Crippen LogP contribution >= 0.6 is 11.6 Å². The van der Waals surface area contributed by atoms with Crippen molar-refractivity contribution in [2.75, 3.05) is 31.1 Å². The number of hydrogen-bond donors (Lipinski definition) is 2. The van der Waals surface area contributed by atoms with E-state index in [0.717, 1.165) is 5.69 Å². The van der Waals surface area contributed by atoms with Gasteiger partial charge in [-0.1, -0.05) is 11.6 Å². The summed E-state index contributed by atoms with van der Waals surface area (Å²) in [5.41, 5.74) is 1.31. The van der Waals surface area contributed by atoms with Crippen LogP contribution in [0.25, 0.3) is 0 Å². The largest absolute Gasteiger partial charge is 0.492 e. The van der Waals surface area contributed by atoms with Gasteiger partial charge in [-0.2, -0.15) is 0 Å². The van der Waals surface area contributed by atoms with E-state index in [1.807, 2.05) is 0 Å². The number of carbonyl (C=O) groups excluding carboxylic acids is 2. The van der Waals surface area contributed by atoms with Crippen LogP contribution in [0.15, 0.2) is 48.5 Å². The first-order valence-electron chi connectivity index (χ1n) is 7.95. The number of urea groups is 1. The second-order valence-electron chi connectivity index (χ2n) is 5.49. The van der Waals surface area contributed by atoms with E-state index in [4.69, 9.17) is 16.3 Å². The Bertz CT molecular complexity index is 747. The minimum absolute atomic E-state index is 0.114. The van der Waals surface area contributed by atoms with Crippen LogP contribution in [0.4, 0.5) is 10.5 Å². The van der Waals surface area contributed by atoms with Gasteiger partial charge in [0.1, 0.15) is 12.4 Å². The maximum absolute atomic E-state index is 12.1. The second kappa shape index (κ2) is 7.90. The molecule has 0 saturated carbocycles. The van der Waals surface area contributed by atoms with Crippen molar-refractivity contribution in [1.29, 1.82) is 0 Å². The van der Waals surface area contributed by atoms with Crippen molar-refractivity contribution in [3.8, 4) is 5.75 Å². The Hall–Kier alpha value is -2.73. The predicted octanol–water partition coefficient (Wildman–Crippen LogP) is 2.68. The zero-order valence-electron chi connectivity index (χ0n) is 13.5. The van der Waals surface area contributed by atoms with Gasteiger partial charge in [-0.15, -0.1) is 0 Å². The summed E-state index contributed by atoms with van der Waals surface area (Å²) in [6, 6.07) is 13.9. The zero-order valence-corrected chi connectivity index (χ0v) is 14.3. The zero-order chi connectivity index (χ0) is 17.6. The summed E-state index contributed by atoms with van der Waals surface area (Å²) in [5, 5.41) is 6.19. The molecule has 1 aliphatic heterocycles. The number of ether oxygens (including phenoxy) is 1. The summed E-state index contributed by atoms with van der Waals surface area (Å²) in [6.07, 6.45) is 0. The van der Waals surface area contributed by atoms with Crippen LogP contribution in [-0.2, 0) is 0 Å². The fraction of sp³-hybridized carbons (Fsp3) is 0.222. The number of nitrogens with zero attached hydrogens (tertiary/aromatic N) is 1. The maximum atomic E-state index is 12.1. The molecule has 0 radical (unpaired) electrons. The highest BCUT2D eigenvalue weighted by Gasteiger charge is 2.21. The quantitative estimate of drug-likeness (QED) is 0.779. The molecule has 1 heterocycles. The number of hydrogen-bond acceptors (Lipinski definition) is 3. The molecular formula is C18H18ClN3O3. The Balaban J connectivity index is 1.46. The van der Waals surface area contributed by atoms with Gasteiger partial charge in [-0.25, -0.2) is 4.79 Å². The molecule has 1 aliphatic rings. The average molecular weight is 360 g/mol. The minimum atomic E-state index is -0.183. The molecule has 1 fully saturated rings. The van der Waals surface area contributed by atoms with Gasteiger partial charge in [0.15, 0.2) is 0 Å². The molecule has 0 spiro atoms. The molecule has 2 aromatic rings. The number of carbonyl (C=O) groups is 2. The summed E-state index contributed by atoms with van der Waals surface area (Å²) in [6.45, 7) is 2.01. The third-order valence-corrected chi connectivity index (χ3v) is 4.02. The van der Waals surface area contributed by atoms with E-state index in [-0.39, 0.29) is 11.9 Å². The number of amides is 3. The lowest BCUT2D eigenvalue weighted by atomic mass is 10.2. The summed E-state index contributed by atoms with van der Waals surface area (Å²) < 4.78 is 5.52. The summed E-state index contributed by atoms with van der Waals surface area (Å²) in [5.74, 6) is 0.518. The molecule has 0 bridgehead atoms. The SMILES string of the molecule is O=C(NCCOc1ccc(Cl)cc1)c1ccc(N2CCNC2=O)cc1. The molecule has 130 valence electrons. The van der Waals surface area contributed by atoms with Crippen molar-refractivity contribution in [3.63, 3.8) is 0 Å². The van der Waals surface area contributed by atoms with Crippen LogP contribution in [0.3, 0.4) is 0 Å². The third kappa shape index (κ3) is 4.42. The lowest BCUT2D eigenvalue weighted by Crippen LogP contribution is -2.29. The number of halogens is 1. The van der Waals surface area contributed by atoms with E-state index >= 15 is 0 Å². The Labute approximate surface area is 150 Å². The molecule has 1 saturated heterocycles. The lowest BCUT2D eigenvalue weighted by molar-refractivity contribution is 0.0947. The molecule has 2 aromatic carbocycles. The molecule has 3 amide bonds. The van der Waals surface area contributed by atoms with E-state index in [1.54, 1.807) is 53.4 Å². The fourth-order valence-electron chi connectivity index (χ4n) is 2.48. The van der Waals surface area contributed by atoms with Crippen molar-refractivity contribution in [1.82, 2.24) is 10.6 Å². The number of rotatable bonds is 6. The highest BCUT2D eigenvalue weighted by Crippen LogP contribution is 2.17. The molecular weight excluding hydrogens is 342 g/mol. The minimum Gasteiger partial charge on any atom is -0.492 e. The average Bonchev–Trinajstić information content (AvgIpc) is 3.06. The first kappa shape index (κ1) is 17.1. The Morgan fingerprint density at radius 2 is 1.88 bits per heavy atom. The Morgan fingerprint density at radius 3 is 2.52 bits per heavy atom. The van der Waals surface area contributed by atoms with Crippen molar-refractivity contribution >= 4 is 29.2 Å². The molecule has 2 N–H and O–H groups in total. The standard InChI is InChI=1S/C18H18ClN3O3/c19-14-3-7-16(8-4-14)25-12-10-20-17(23)13-1-5-15(6-2-13)22-11-9-21-18(22)24/h1-8H,9-12H2,(H,20,23)(H,21,24). The van der Waals surface area contributed by atoms with Crippen LogP contribution in [0.5, 0.6) is 5.75 Å². The van der Waals surface area contributed by atoms with E-state index in [1.165, 1.54) is 0 Å². The molecule has 7 heteroatoms. The smallest absolute Gasteiger partial charge is 0.321 e. The van der Waals surface area contributed by atoms with E-state index in [0.29, 0.717) is 42.6 Å². The van der Waals surface area contributed by atoms with Gasteiger partial charge in [0, 0.05) is 29.4 Å². The van der Waals surface area contributed by atoms with Crippen LogP contribution in [-0.4, -0.2) is 38.2 Å². The van der Waals surface area contributed by atoms with Crippen LogP contribution in [0.1, 0.15) is 10.4 Å². The Morgan fingerprint density at radius 1 is 1.16 bits per heavy atom. The van der Waals surface area contributed by atoms with Crippen molar-refractivity contribution in [2.45, 2.75) is 0 Å². The summed E-state index contributed by atoms with van der Waals surface area (Å²) in [7, 11) is 0. The van der Waals surface area contributed by atoms with Gasteiger partial charge in [-0.05, 0) is 48.5 Å². The van der Waals surface area contributed by atoms with Gasteiger partial charge in [0.25, 0.3) is 5.91 Å². The molecule has 0 aromatic heterocycles. The van der Waals surface area contributed by atoms with Crippen LogP contribution < -0.4 is 20.3 Å². The van der Waals surface area contributed by atoms with Gasteiger partial charge >= 0.3 is 6.03 Å². The van der Waals surface area contributed by atoms with E-state index < -0.39 is 0 Å². The summed E-state index contributed by atoms with van der Waals surface area (Å²) in [4.78, 5) is 25.4. The van der Waals surface area contributed by atoms with Crippen molar-refractivity contribution in [2.24, 2.45) is 0 Å². The topological polar surface area (TPSA) is 70.7 Å². The third-order valence-electron chi connectivity index (χ3n) is 3.77.